The monoisotopic (exact) mass is 288 g/mol. The third-order valence-electron chi connectivity index (χ3n) is 3.61. The number of nitrogens with zero attached hydrogens (tertiary/aromatic N) is 3. The first kappa shape index (κ1) is 13.1. The zero-order chi connectivity index (χ0) is 14.1. The fraction of sp³-hybridized carbons (Fsp3) is 0.357. The number of hydrogen-bond acceptors (Lipinski definition) is 4. The molecule has 2 amide bonds. The lowest BCUT2D eigenvalue weighted by Gasteiger charge is -2.18. The van der Waals surface area contributed by atoms with Crippen LogP contribution in [0.5, 0.6) is 0 Å². The van der Waals surface area contributed by atoms with E-state index in [0.717, 1.165) is 22.8 Å². The molecular weight excluding hydrogens is 272 g/mol. The van der Waals surface area contributed by atoms with Gasteiger partial charge in [0.15, 0.2) is 0 Å². The van der Waals surface area contributed by atoms with E-state index in [1.807, 2.05) is 30.0 Å². The van der Waals surface area contributed by atoms with Gasteiger partial charge < -0.3 is 5.32 Å². The van der Waals surface area contributed by atoms with Crippen LogP contribution in [0.3, 0.4) is 0 Å². The van der Waals surface area contributed by atoms with Crippen LogP contribution in [0.2, 0.25) is 0 Å². The maximum absolute atomic E-state index is 12.3. The molecule has 20 heavy (non-hydrogen) atoms. The fourth-order valence-electron chi connectivity index (χ4n) is 2.48. The van der Waals surface area contributed by atoms with E-state index >= 15 is 0 Å². The van der Waals surface area contributed by atoms with Crippen LogP contribution in [0.4, 0.5) is 10.5 Å². The van der Waals surface area contributed by atoms with Crippen molar-refractivity contribution in [2.45, 2.75) is 26.3 Å². The average Bonchev–Trinajstić information content (AvgIpc) is 3.01. The molecular formula is C14H16N4OS. The lowest BCUT2D eigenvalue weighted by molar-refractivity contribution is 0.246. The van der Waals surface area contributed by atoms with Gasteiger partial charge >= 0.3 is 6.03 Å². The van der Waals surface area contributed by atoms with Crippen molar-refractivity contribution in [2.75, 3.05) is 11.4 Å². The zero-order valence-electron chi connectivity index (χ0n) is 11.5. The van der Waals surface area contributed by atoms with Gasteiger partial charge in [-0.3, -0.25) is 4.90 Å². The van der Waals surface area contributed by atoms with E-state index in [-0.39, 0.29) is 6.03 Å². The topological polar surface area (TPSA) is 58.1 Å². The second kappa shape index (κ2) is 5.20. The quantitative estimate of drug-likeness (QED) is 0.924. The number of aromatic nitrogens is 2. The summed E-state index contributed by atoms with van der Waals surface area (Å²) in [6.07, 6.45) is 0. The minimum absolute atomic E-state index is 0.0606. The summed E-state index contributed by atoms with van der Waals surface area (Å²) in [5.74, 6) is 0.378. The molecule has 1 aromatic carbocycles. The number of para-hydroxylation sites is 1. The summed E-state index contributed by atoms with van der Waals surface area (Å²) < 4.78 is 3.87. The van der Waals surface area contributed by atoms with Crippen molar-refractivity contribution >= 4 is 23.3 Å². The predicted molar refractivity (Wildman–Crippen MR) is 79.1 cm³/mol. The highest BCUT2D eigenvalue weighted by molar-refractivity contribution is 7.05. The second-order valence-electron chi connectivity index (χ2n) is 5.01. The summed E-state index contributed by atoms with van der Waals surface area (Å²) in [4.78, 5) is 15.1. The van der Waals surface area contributed by atoms with Crippen molar-refractivity contribution in [3.8, 4) is 0 Å². The molecule has 1 aromatic heterocycles. The normalized spacial score (nSPS) is 17.1. The minimum Gasteiger partial charge on any atom is -0.333 e. The van der Waals surface area contributed by atoms with E-state index in [1.54, 1.807) is 0 Å². The SMILES string of the molecule is Cc1nnsc1CNC(=O)N1CC(C)c2ccccc21. The number of amides is 2. The van der Waals surface area contributed by atoms with Crippen LogP contribution in [-0.2, 0) is 6.54 Å². The van der Waals surface area contributed by atoms with Crippen LogP contribution in [-0.4, -0.2) is 22.2 Å². The lowest BCUT2D eigenvalue weighted by Crippen LogP contribution is -2.38. The van der Waals surface area contributed by atoms with Crippen LogP contribution in [0.25, 0.3) is 0 Å². The number of aryl methyl sites for hydroxylation is 1. The Bertz CT molecular complexity index is 640. The first-order valence-electron chi connectivity index (χ1n) is 6.59. The largest absolute Gasteiger partial charge is 0.333 e. The van der Waals surface area contributed by atoms with E-state index < -0.39 is 0 Å². The Balaban J connectivity index is 1.71. The Labute approximate surface area is 121 Å². The van der Waals surface area contributed by atoms with Gasteiger partial charge in [-0.05, 0) is 30.1 Å². The van der Waals surface area contributed by atoms with Gasteiger partial charge in [-0.1, -0.05) is 29.6 Å². The van der Waals surface area contributed by atoms with Crippen molar-refractivity contribution in [3.63, 3.8) is 0 Å². The first-order valence-corrected chi connectivity index (χ1v) is 7.36. The van der Waals surface area contributed by atoms with Crippen molar-refractivity contribution in [2.24, 2.45) is 0 Å². The number of rotatable bonds is 2. The zero-order valence-corrected chi connectivity index (χ0v) is 12.3. The van der Waals surface area contributed by atoms with Crippen LogP contribution >= 0.6 is 11.5 Å². The Kier molecular flexibility index (Phi) is 3.40. The standard InChI is InChI=1S/C14H16N4OS/c1-9-8-18(12-6-4-3-5-11(9)12)14(19)15-7-13-10(2)16-17-20-13/h3-6,9H,7-8H2,1-2H3,(H,15,19). The molecule has 0 radical (unpaired) electrons. The Hall–Kier alpha value is -1.95. The number of carbonyl (C=O) groups is 1. The van der Waals surface area contributed by atoms with Gasteiger partial charge in [0.2, 0.25) is 0 Å². The van der Waals surface area contributed by atoms with Gasteiger partial charge in [0.25, 0.3) is 0 Å². The lowest BCUT2D eigenvalue weighted by atomic mass is 10.0. The third-order valence-corrected chi connectivity index (χ3v) is 4.43. The van der Waals surface area contributed by atoms with Crippen LogP contribution < -0.4 is 10.2 Å². The third kappa shape index (κ3) is 2.27. The van der Waals surface area contributed by atoms with Gasteiger partial charge in [0.1, 0.15) is 0 Å². The summed E-state index contributed by atoms with van der Waals surface area (Å²) in [6.45, 7) is 5.25. The van der Waals surface area contributed by atoms with Crippen molar-refractivity contribution < 1.29 is 4.79 Å². The summed E-state index contributed by atoms with van der Waals surface area (Å²) in [5.41, 5.74) is 3.13. The predicted octanol–water partition coefficient (Wildman–Crippen LogP) is 2.68. The number of fused-ring (bicyclic) bond motifs is 1. The van der Waals surface area contributed by atoms with E-state index in [2.05, 4.69) is 27.9 Å². The summed E-state index contributed by atoms with van der Waals surface area (Å²) in [6, 6.07) is 8.01. The summed E-state index contributed by atoms with van der Waals surface area (Å²) >= 11 is 1.33. The number of urea groups is 1. The van der Waals surface area contributed by atoms with Crippen molar-refractivity contribution in [1.29, 1.82) is 0 Å². The molecule has 2 heterocycles. The van der Waals surface area contributed by atoms with E-state index in [9.17, 15) is 4.79 Å². The molecule has 1 unspecified atom stereocenters. The van der Waals surface area contributed by atoms with Gasteiger partial charge in [0.05, 0.1) is 17.1 Å². The molecule has 0 saturated carbocycles. The molecule has 1 aliphatic heterocycles. The van der Waals surface area contributed by atoms with E-state index in [4.69, 9.17) is 0 Å². The number of anilines is 1. The Morgan fingerprint density at radius 1 is 1.50 bits per heavy atom. The number of benzene rings is 1. The van der Waals surface area contributed by atoms with Crippen LogP contribution in [0.15, 0.2) is 24.3 Å². The molecule has 0 saturated heterocycles. The molecule has 104 valence electrons. The molecule has 5 nitrogen and oxygen atoms in total. The molecule has 0 aliphatic carbocycles. The molecule has 1 N–H and O–H groups in total. The Morgan fingerprint density at radius 3 is 3.05 bits per heavy atom. The smallest absolute Gasteiger partial charge is 0.322 e. The molecule has 0 bridgehead atoms. The van der Waals surface area contributed by atoms with E-state index in [1.165, 1.54) is 17.1 Å². The highest BCUT2D eigenvalue weighted by Crippen LogP contribution is 2.35. The number of hydrogen-bond donors (Lipinski definition) is 1. The van der Waals surface area contributed by atoms with Gasteiger partial charge in [-0.25, -0.2) is 4.79 Å². The molecule has 2 aromatic rings. The number of carbonyl (C=O) groups excluding carboxylic acids is 1. The fourth-order valence-corrected chi connectivity index (χ4v) is 3.05. The highest BCUT2D eigenvalue weighted by Gasteiger charge is 2.29. The maximum atomic E-state index is 12.3. The molecule has 0 spiro atoms. The van der Waals surface area contributed by atoms with Crippen LogP contribution in [0.1, 0.15) is 29.0 Å². The van der Waals surface area contributed by atoms with Crippen molar-refractivity contribution in [3.05, 3.63) is 40.4 Å². The maximum Gasteiger partial charge on any atom is 0.322 e. The van der Waals surface area contributed by atoms with Crippen molar-refractivity contribution in [1.82, 2.24) is 14.9 Å². The molecule has 0 fully saturated rings. The Morgan fingerprint density at radius 2 is 2.30 bits per heavy atom. The highest BCUT2D eigenvalue weighted by atomic mass is 32.1. The summed E-state index contributed by atoms with van der Waals surface area (Å²) in [5, 5.41) is 6.89. The summed E-state index contributed by atoms with van der Waals surface area (Å²) in [7, 11) is 0. The first-order chi connectivity index (χ1) is 9.66. The molecule has 1 aliphatic rings. The van der Waals surface area contributed by atoms with Gasteiger partial charge in [0, 0.05) is 18.2 Å². The van der Waals surface area contributed by atoms with Gasteiger partial charge in [-0.2, -0.15) is 0 Å². The van der Waals surface area contributed by atoms with E-state index in [0.29, 0.717) is 12.5 Å². The van der Waals surface area contributed by atoms with Crippen LogP contribution in [0, 0.1) is 6.92 Å². The average molecular weight is 288 g/mol. The molecule has 1 atom stereocenters. The number of nitrogens with one attached hydrogen (secondary N) is 1. The second-order valence-corrected chi connectivity index (χ2v) is 5.85. The molecule has 3 rings (SSSR count). The molecule has 6 heteroatoms. The van der Waals surface area contributed by atoms with Gasteiger partial charge in [-0.15, -0.1) is 5.10 Å². The minimum atomic E-state index is -0.0606.